The van der Waals surface area contributed by atoms with Crippen molar-refractivity contribution < 1.29 is 14.3 Å². The van der Waals surface area contributed by atoms with Crippen molar-refractivity contribution in [3.63, 3.8) is 0 Å². The lowest BCUT2D eigenvalue weighted by Gasteiger charge is -2.03. The Bertz CT molecular complexity index is 286. The average Bonchev–Trinajstić information content (AvgIpc) is 2.16. The molecule has 0 aliphatic carbocycles. The number of halogens is 1. The quantitative estimate of drug-likeness (QED) is 0.546. The van der Waals surface area contributed by atoms with Gasteiger partial charge in [0.15, 0.2) is 6.61 Å². The van der Waals surface area contributed by atoms with Crippen LogP contribution in [-0.4, -0.2) is 24.7 Å². The highest BCUT2D eigenvalue weighted by atomic mass is 35.5. The van der Waals surface area contributed by atoms with E-state index in [4.69, 9.17) is 16.3 Å². The van der Waals surface area contributed by atoms with E-state index in [0.717, 1.165) is 0 Å². The normalized spacial score (nSPS) is 9.38. The van der Waals surface area contributed by atoms with Gasteiger partial charge in [-0.3, -0.25) is 0 Å². The fraction of sp³-hybridized carbons (Fsp3) is 0.250. The van der Waals surface area contributed by atoms with Gasteiger partial charge in [0.2, 0.25) is 0 Å². The molecule has 0 atom stereocenters. The number of hydrogen-bond donors (Lipinski definition) is 0. The van der Waals surface area contributed by atoms with Crippen LogP contribution in [0.2, 0.25) is 5.15 Å². The van der Waals surface area contributed by atoms with Crippen LogP contribution in [-0.2, 0) is 9.53 Å². The molecule has 0 radical (unpaired) electrons. The highest BCUT2D eigenvalue weighted by Crippen LogP contribution is 2.11. The van der Waals surface area contributed by atoms with E-state index in [2.05, 4.69) is 9.72 Å². The number of methoxy groups -OCH3 is 1. The van der Waals surface area contributed by atoms with Crippen LogP contribution in [0.15, 0.2) is 18.3 Å². The van der Waals surface area contributed by atoms with E-state index in [1.165, 1.54) is 13.3 Å². The first kappa shape index (κ1) is 9.80. The first-order valence-corrected chi connectivity index (χ1v) is 3.91. The van der Waals surface area contributed by atoms with Gasteiger partial charge < -0.3 is 9.47 Å². The fourth-order valence-electron chi connectivity index (χ4n) is 0.649. The molecule has 70 valence electrons. The lowest BCUT2D eigenvalue weighted by molar-refractivity contribution is -0.142. The predicted molar refractivity (Wildman–Crippen MR) is 46.8 cm³/mol. The molecule has 0 aliphatic heterocycles. The summed E-state index contributed by atoms with van der Waals surface area (Å²) in [4.78, 5) is 14.4. The molecule has 1 aromatic rings. The van der Waals surface area contributed by atoms with Crippen molar-refractivity contribution >= 4 is 17.6 Å². The Morgan fingerprint density at radius 1 is 1.62 bits per heavy atom. The highest BCUT2D eigenvalue weighted by molar-refractivity contribution is 6.29. The summed E-state index contributed by atoms with van der Waals surface area (Å²) in [5.74, 6) is 0.0461. The van der Waals surface area contributed by atoms with Gasteiger partial charge in [-0.1, -0.05) is 11.6 Å². The molecule has 0 aromatic carbocycles. The average molecular weight is 202 g/mol. The lowest BCUT2D eigenvalue weighted by Crippen LogP contribution is -2.12. The minimum atomic E-state index is -0.435. The number of esters is 1. The van der Waals surface area contributed by atoms with Crippen molar-refractivity contribution in [3.05, 3.63) is 23.5 Å². The van der Waals surface area contributed by atoms with Gasteiger partial charge in [-0.25, -0.2) is 9.78 Å². The van der Waals surface area contributed by atoms with Crippen LogP contribution in [0.25, 0.3) is 0 Å². The molecule has 0 fully saturated rings. The second kappa shape index (κ2) is 4.67. The SMILES string of the molecule is COC(=O)COc1ccc(Cl)nc1. The Morgan fingerprint density at radius 3 is 2.92 bits per heavy atom. The van der Waals surface area contributed by atoms with Gasteiger partial charge in [0.25, 0.3) is 0 Å². The molecule has 5 heteroatoms. The third kappa shape index (κ3) is 3.29. The number of carbonyl (C=O) groups is 1. The summed E-state index contributed by atoms with van der Waals surface area (Å²) in [5.41, 5.74) is 0. The Balaban J connectivity index is 2.46. The minimum absolute atomic E-state index is 0.125. The zero-order chi connectivity index (χ0) is 9.68. The summed E-state index contributed by atoms with van der Waals surface area (Å²) >= 11 is 5.54. The van der Waals surface area contributed by atoms with E-state index >= 15 is 0 Å². The van der Waals surface area contributed by atoms with E-state index in [-0.39, 0.29) is 6.61 Å². The van der Waals surface area contributed by atoms with Gasteiger partial charge in [0.1, 0.15) is 10.9 Å². The lowest BCUT2D eigenvalue weighted by atomic mass is 10.5. The summed E-state index contributed by atoms with van der Waals surface area (Å²) in [7, 11) is 1.30. The Kier molecular flexibility index (Phi) is 3.52. The molecule has 0 bridgehead atoms. The van der Waals surface area contributed by atoms with Crippen LogP contribution < -0.4 is 4.74 Å². The van der Waals surface area contributed by atoms with Gasteiger partial charge in [-0.15, -0.1) is 0 Å². The minimum Gasteiger partial charge on any atom is -0.480 e. The first-order valence-electron chi connectivity index (χ1n) is 3.53. The summed E-state index contributed by atoms with van der Waals surface area (Å²) < 4.78 is 9.40. The van der Waals surface area contributed by atoms with Crippen molar-refractivity contribution in [2.24, 2.45) is 0 Å². The summed E-state index contributed by atoms with van der Waals surface area (Å²) in [6, 6.07) is 3.20. The van der Waals surface area contributed by atoms with Crippen molar-refractivity contribution in [1.29, 1.82) is 0 Å². The summed E-state index contributed by atoms with van der Waals surface area (Å²) in [6.45, 7) is -0.125. The molecular weight excluding hydrogens is 194 g/mol. The van der Waals surface area contributed by atoms with Gasteiger partial charge in [0.05, 0.1) is 13.3 Å². The number of aromatic nitrogens is 1. The van der Waals surface area contributed by atoms with E-state index < -0.39 is 5.97 Å². The smallest absolute Gasteiger partial charge is 0.343 e. The number of rotatable bonds is 3. The Morgan fingerprint density at radius 2 is 2.38 bits per heavy atom. The van der Waals surface area contributed by atoms with Crippen LogP contribution >= 0.6 is 11.6 Å². The molecule has 1 rings (SSSR count). The first-order chi connectivity index (χ1) is 6.22. The molecule has 4 nitrogen and oxygen atoms in total. The summed E-state index contributed by atoms with van der Waals surface area (Å²) in [5, 5.41) is 0.380. The third-order valence-corrected chi connectivity index (χ3v) is 1.51. The number of ether oxygens (including phenoxy) is 2. The Hall–Kier alpha value is -1.29. The fourth-order valence-corrected chi connectivity index (χ4v) is 0.761. The van der Waals surface area contributed by atoms with Crippen LogP contribution in [0.3, 0.4) is 0 Å². The molecule has 0 saturated heterocycles. The van der Waals surface area contributed by atoms with E-state index in [9.17, 15) is 4.79 Å². The number of nitrogens with zero attached hydrogens (tertiary/aromatic N) is 1. The highest BCUT2D eigenvalue weighted by Gasteiger charge is 2.01. The third-order valence-electron chi connectivity index (χ3n) is 1.28. The zero-order valence-corrected chi connectivity index (χ0v) is 7.75. The maximum Gasteiger partial charge on any atom is 0.343 e. The van der Waals surface area contributed by atoms with Gasteiger partial charge in [-0.2, -0.15) is 0 Å². The van der Waals surface area contributed by atoms with Crippen LogP contribution in [0, 0.1) is 0 Å². The van der Waals surface area contributed by atoms with Gasteiger partial charge >= 0.3 is 5.97 Å². The molecule has 0 N–H and O–H groups in total. The molecule has 1 aromatic heterocycles. The molecule has 0 saturated carbocycles. The number of hydrogen-bond acceptors (Lipinski definition) is 4. The molecule has 0 aliphatic rings. The second-order valence-corrected chi connectivity index (χ2v) is 2.57. The van der Waals surface area contributed by atoms with E-state index in [1.807, 2.05) is 0 Å². The number of carbonyl (C=O) groups excluding carboxylic acids is 1. The van der Waals surface area contributed by atoms with Crippen LogP contribution in [0.5, 0.6) is 5.75 Å². The van der Waals surface area contributed by atoms with Crippen molar-refractivity contribution in [1.82, 2.24) is 4.98 Å². The van der Waals surface area contributed by atoms with Crippen LogP contribution in [0.1, 0.15) is 0 Å². The van der Waals surface area contributed by atoms with Gasteiger partial charge in [-0.05, 0) is 12.1 Å². The molecule has 0 spiro atoms. The summed E-state index contributed by atoms with van der Waals surface area (Å²) in [6.07, 6.45) is 1.44. The molecule has 13 heavy (non-hydrogen) atoms. The zero-order valence-electron chi connectivity index (χ0n) is 6.99. The maximum absolute atomic E-state index is 10.7. The molecule has 0 amide bonds. The van der Waals surface area contributed by atoms with E-state index in [0.29, 0.717) is 10.9 Å². The maximum atomic E-state index is 10.7. The largest absolute Gasteiger partial charge is 0.480 e. The van der Waals surface area contributed by atoms with E-state index in [1.54, 1.807) is 12.1 Å². The topological polar surface area (TPSA) is 48.4 Å². The molecule has 1 heterocycles. The number of pyridine rings is 1. The molecular formula is C8H8ClNO3. The van der Waals surface area contributed by atoms with Crippen molar-refractivity contribution in [3.8, 4) is 5.75 Å². The second-order valence-electron chi connectivity index (χ2n) is 2.18. The van der Waals surface area contributed by atoms with Crippen molar-refractivity contribution in [2.45, 2.75) is 0 Å². The van der Waals surface area contributed by atoms with Gasteiger partial charge in [0, 0.05) is 0 Å². The Labute approximate surface area is 80.4 Å². The monoisotopic (exact) mass is 201 g/mol. The predicted octanol–water partition coefficient (Wildman–Crippen LogP) is 1.29. The molecule has 0 unspecified atom stereocenters. The van der Waals surface area contributed by atoms with Crippen LogP contribution in [0.4, 0.5) is 0 Å². The van der Waals surface area contributed by atoms with Crippen molar-refractivity contribution in [2.75, 3.05) is 13.7 Å². The standard InChI is InChI=1S/C8H8ClNO3/c1-12-8(11)5-13-6-2-3-7(9)10-4-6/h2-4H,5H2,1H3.